The van der Waals surface area contributed by atoms with Gasteiger partial charge in [-0.1, -0.05) is 48.5 Å². The molecule has 0 aliphatic carbocycles. The van der Waals surface area contributed by atoms with Gasteiger partial charge in [-0.25, -0.2) is 9.97 Å². The van der Waals surface area contributed by atoms with Crippen LogP contribution in [0.5, 0.6) is 0 Å². The molecule has 0 aliphatic rings. The summed E-state index contributed by atoms with van der Waals surface area (Å²) >= 11 is 0. The van der Waals surface area contributed by atoms with Gasteiger partial charge in [0.1, 0.15) is 5.82 Å². The first-order valence-corrected chi connectivity index (χ1v) is 8.91. The maximum atomic E-state index is 5.46. The molecular weight excluding hydrogens is 344 g/mol. The third kappa shape index (κ3) is 3.84. The van der Waals surface area contributed by atoms with Gasteiger partial charge in [0.05, 0.1) is 5.52 Å². The first kappa shape index (κ1) is 17.3. The number of H-pyrrole nitrogens is 1. The molecule has 2 N–H and O–H groups in total. The molecule has 3 aromatic carbocycles. The predicted molar refractivity (Wildman–Crippen MR) is 115 cm³/mol. The number of rotatable bonds is 2. The van der Waals surface area contributed by atoms with Crippen molar-refractivity contribution >= 4 is 33.3 Å². The summed E-state index contributed by atoms with van der Waals surface area (Å²) in [4.78, 5) is 11.9. The van der Waals surface area contributed by atoms with Crippen LogP contribution in [0.1, 0.15) is 5.82 Å². The molecule has 0 radical (unpaired) electrons. The van der Waals surface area contributed by atoms with E-state index < -0.39 is 0 Å². The van der Waals surface area contributed by atoms with Gasteiger partial charge in [-0.2, -0.15) is 0 Å². The van der Waals surface area contributed by atoms with E-state index in [1.54, 1.807) is 0 Å². The first-order chi connectivity index (χ1) is 13.8. The average molecular weight is 362 g/mol. The standard InChI is InChI=1S/C18H12N4.C6H6/c1-2-17-21-16-6-4-3-5-14(16)18(22-17)20-13-7-8-15-12(11-13)9-10-19-15;1-2-4-6-5-3-1/h1,3-11,19H,(H,20,21,22);1-6H. The number of anilines is 2. The molecule has 2 aromatic heterocycles. The van der Waals surface area contributed by atoms with Crippen LogP contribution in [0.25, 0.3) is 21.8 Å². The van der Waals surface area contributed by atoms with Crippen molar-refractivity contribution in [1.82, 2.24) is 15.0 Å². The third-order valence-electron chi connectivity index (χ3n) is 4.22. The highest BCUT2D eigenvalue weighted by Gasteiger charge is 2.07. The minimum atomic E-state index is 0.379. The molecule has 4 heteroatoms. The first-order valence-electron chi connectivity index (χ1n) is 8.91. The van der Waals surface area contributed by atoms with Crippen molar-refractivity contribution in [3.63, 3.8) is 0 Å². The summed E-state index contributed by atoms with van der Waals surface area (Å²) in [6.07, 6.45) is 7.38. The monoisotopic (exact) mass is 362 g/mol. The number of hydrogen-bond acceptors (Lipinski definition) is 3. The Bertz CT molecular complexity index is 1220. The summed E-state index contributed by atoms with van der Waals surface area (Å²) < 4.78 is 0. The molecule has 2 heterocycles. The Kier molecular flexibility index (Phi) is 4.99. The molecule has 0 bridgehead atoms. The number of para-hydroxylation sites is 1. The Balaban J connectivity index is 0.000000275. The van der Waals surface area contributed by atoms with E-state index in [0.717, 1.165) is 27.5 Å². The summed E-state index contributed by atoms with van der Waals surface area (Å²) in [5, 5.41) is 5.42. The SMILES string of the molecule is C#Cc1nc(Nc2ccc3[nH]ccc3c2)c2ccccc2n1.c1ccccc1. The molecule has 0 fully saturated rings. The molecule has 0 amide bonds. The number of nitrogens with zero attached hydrogens (tertiary/aromatic N) is 2. The molecule has 134 valence electrons. The van der Waals surface area contributed by atoms with E-state index in [1.165, 1.54) is 0 Å². The largest absolute Gasteiger partial charge is 0.361 e. The second-order valence-electron chi connectivity index (χ2n) is 6.12. The summed E-state index contributed by atoms with van der Waals surface area (Å²) in [7, 11) is 0. The summed E-state index contributed by atoms with van der Waals surface area (Å²) in [5.74, 6) is 3.60. The lowest BCUT2D eigenvalue weighted by molar-refractivity contribution is 1.18. The van der Waals surface area contributed by atoms with Crippen molar-refractivity contribution in [2.24, 2.45) is 0 Å². The van der Waals surface area contributed by atoms with Gasteiger partial charge in [-0.3, -0.25) is 0 Å². The number of nitrogens with one attached hydrogen (secondary N) is 2. The number of aromatic amines is 1. The minimum absolute atomic E-state index is 0.379. The lowest BCUT2D eigenvalue weighted by Crippen LogP contribution is -1.99. The van der Waals surface area contributed by atoms with Gasteiger partial charge < -0.3 is 10.3 Å². The predicted octanol–water partition coefficient (Wildman–Crippen LogP) is 5.52. The average Bonchev–Trinajstić information content (AvgIpc) is 3.23. The highest BCUT2D eigenvalue weighted by Crippen LogP contribution is 2.25. The van der Waals surface area contributed by atoms with Crippen LogP contribution in [0, 0.1) is 12.3 Å². The Morgan fingerprint density at radius 3 is 2.32 bits per heavy atom. The molecule has 5 aromatic rings. The van der Waals surface area contributed by atoms with Crippen molar-refractivity contribution in [2.75, 3.05) is 5.32 Å². The highest BCUT2D eigenvalue weighted by atomic mass is 15.0. The van der Waals surface area contributed by atoms with Gasteiger partial charge in [-0.05, 0) is 42.3 Å². The van der Waals surface area contributed by atoms with E-state index in [4.69, 9.17) is 6.42 Å². The van der Waals surface area contributed by atoms with Crippen LogP contribution in [0.4, 0.5) is 11.5 Å². The molecule has 0 aliphatic heterocycles. The Labute approximate surface area is 163 Å². The zero-order valence-electron chi connectivity index (χ0n) is 15.1. The lowest BCUT2D eigenvalue weighted by atomic mass is 10.2. The Hall–Kier alpha value is -4.10. The number of hydrogen-bond donors (Lipinski definition) is 2. The fraction of sp³-hybridized carbons (Fsp3) is 0. The molecule has 0 unspecified atom stereocenters. The van der Waals surface area contributed by atoms with Gasteiger partial charge in [-0.15, -0.1) is 6.42 Å². The van der Waals surface area contributed by atoms with Gasteiger partial charge in [0, 0.05) is 28.2 Å². The zero-order valence-corrected chi connectivity index (χ0v) is 15.1. The van der Waals surface area contributed by atoms with Gasteiger partial charge in [0.25, 0.3) is 0 Å². The van der Waals surface area contributed by atoms with E-state index in [2.05, 4.69) is 32.3 Å². The molecule has 0 saturated heterocycles. The maximum Gasteiger partial charge on any atom is 0.207 e. The van der Waals surface area contributed by atoms with Crippen LogP contribution in [-0.2, 0) is 0 Å². The molecule has 0 atom stereocenters. The Morgan fingerprint density at radius 1 is 0.821 bits per heavy atom. The minimum Gasteiger partial charge on any atom is -0.361 e. The molecule has 0 spiro atoms. The van der Waals surface area contributed by atoms with Crippen molar-refractivity contribution in [1.29, 1.82) is 0 Å². The number of terminal acetylenes is 1. The van der Waals surface area contributed by atoms with Crippen LogP contribution in [0.2, 0.25) is 0 Å². The van der Waals surface area contributed by atoms with E-state index in [9.17, 15) is 0 Å². The van der Waals surface area contributed by atoms with Gasteiger partial charge >= 0.3 is 0 Å². The van der Waals surface area contributed by atoms with E-state index in [0.29, 0.717) is 11.6 Å². The Morgan fingerprint density at radius 2 is 1.57 bits per heavy atom. The van der Waals surface area contributed by atoms with Gasteiger partial charge in [0.2, 0.25) is 5.82 Å². The van der Waals surface area contributed by atoms with Crippen LogP contribution in [0.3, 0.4) is 0 Å². The second-order valence-corrected chi connectivity index (χ2v) is 6.12. The number of fused-ring (bicyclic) bond motifs is 2. The van der Waals surface area contributed by atoms with Crippen molar-refractivity contribution < 1.29 is 0 Å². The summed E-state index contributed by atoms with van der Waals surface area (Å²) in [5.41, 5.74) is 2.89. The van der Waals surface area contributed by atoms with Crippen LogP contribution in [-0.4, -0.2) is 15.0 Å². The summed E-state index contributed by atoms with van der Waals surface area (Å²) in [6.45, 7) is 0. The fourth-order valence-electron chi connectivity index (χ4n) is 2.89. The van der Waals surface area contributed by atoms with Crippen LogP contribution >= 0.6 is 0 Å². The normalized spacial score (nSPS) is 10.1. The molecule has 0 saturated carbocycles. The lowest BCUT2D eigenvalue weighted by Gasteiger charge is -2.09. The zero-order chi connectivity index (χ0) is 19.2. The smallest absolute Gasteiger partial charge is 0.207 e. The van der Waals surface area contributed by atoms with E-state index in [-0.39, 0.29) is 0 Å². The van der Waals surface area contributed by atoms with Crippen molar-refractivity contribution in [3.05, 3.63) is 97.0 Å². The quantitative estimate of drug-likeness (QED) is 0.406. The molecular formula is C24H18N4. The van der Waals surface area contributed by atoms with Crippen LogP contribution in [0.15, 0.2) is 91.1 Å². The van der Waals surface area contributed by atoms with Crippen molar-refractivity contribution in [2.45, 2.75) is 0 Å². The molecule has 4 nitrogen and oxygen atoms in total. The fourth-order valence-corrected chi connectivity index (χ4v) is 2.89. The van der Waals surface area contributed by atoms with E-state index >= 15 is 0 Å². The highest BCUT2D eigenvalue weighted by molar-refractivity contribution is 5.92. The number of aromatic nitrogens is 3. The second kappa shape index (κ2) is 8.07. The third-order valence-corrected chi connectivity index (χ3v) is 4.22. The number of benzene rings is 3. The molecule has 5 rings (SSSR count). The summed E-state index contributed by atoms with van der Waals surface area (Å²) in [6, 6.07) is 27.9. The van der Waals surface area contributed by atoms with Crippen LogP contribution < -0.4 is 5.32 Å². The van der Waals surface area contributed by atoms with E-state index in [1.807, 2.05) is 85.1 Å². The van der Waals surface area contributed by atoms with Gasteiger partial charge in [0.15, 0.2) is 0 Å². The maximum absolute atomic E-state index is 5.46. The molecule has 28 heavy (non-hydrogen) atoms. The van der Waals surface area contributed by atoms with Crippen molar-refractivity contribution in [3.8, 4) is 12.3 Å². The topological polar surface area (TPSA) is 53.6 Å².